The number of carbonyl (C=O) groups is 1. The van der Waals surface area contributed by atoms with Gasteiger partial charge < -0.3 is 18.7 Å². The summed E-state index contributed by atoms with van der Waals surface area (Å²) in [5.74, 6) is 1.18. The molecule has 0 saturated carbocycles. The minimum absolute atomic E-state index is 0.148. The Balaban J connectivity index is 1.71. The van der Waals surface area contributed by atoms with E-state index in [2.05, 4.69) is 26.1 Å². The third-order valence-electron chi connectivity index (χ3n) is 3.54. The largest absolute Gasteiger partial charge is 0.497 e. The number of benzene rings is 2. The van der Waals surface area contributed by atoms with E-state index < -0.39 is 5.97 Å². The van der Waals surface area contributed by atoms with Crippen molar-refractivity contribution in [3.8, 4) is 22.9 Å². The zero-order valence-corrected chi connectivity index (χ0v) is 15.6. The molecule has 0 atom stereocenters. The van der Waals surface area contributed by atoms with Crippen molar-refractivity contribution in [1.82, 2.24) is 10.1 Å². The highest BCUT2D eigenvalue weighted by Gasteiger charge is 2.17. The third kappa shape index (κ3) is 3.85. The average molecular weight is 419 g/mol. The van der Waals surface area contributed by atoms with Crippen LogP contribution in [0.5, 0.6) is 11.5 Å². The first kappa shape index (κ1) is 17.9. The lowest BCUT2D eigenvalue weighted by atomic mass is 10.2. The number of nitrogens with zero attached hydrogens (tertiary/aromatic N) is 2. The molecule has 0 amide bonds. The van der Waals surface area contributed by atoms with Crippen LogP contribution in [0.15, 0.2) is 51.5 Å². The van der Waals surface area contributed by atoms with Crippen LogP contribution < -0.4 is 9.47 Å². The smallest absolute Gasteiger partial charge is 0.339 e. The molecular formula is C18H15BrN2O5. The fourth-order valence-electron chi connectivity index (χ4n) is 2.25. The molecular weight excluding hydrogens is 404 g/mol. The van der Waals surface area contributed by atoms with Crippen LogP contribution in [-0.2, 0) is 11.3 Å². The zero-order chi connectivity index (χ0) is 18.5. The Bertz CT molecular complexity index is 925. The maximum absolute atomic E-state index is 12.3. The summed E-state index contributed by atoms with van der Waals surface area (Å²) in [7, 11) is 3.09. The molecule has 0 unspecified atom stereocenters. The molecule has 0 aliphatic carbocycles. The molecule has 0 saturated heterocycles. The van der Waals surface area contributed by atoms with Gasteiger partial charge in [-0.3, -0.25) is 0 Å². The number of carbonyl (C=O) groups excluding carboxylic acids is 1. The molecule has 0 bridgehead atoms. The summed E-state index contributed by atoms with van der Waals surface area (Å²) in [6.45, 7) is -0.148. The van der Waals surface area contributed by atoms with Crippen molar-refractivity contribution in [2.24, 2.45) is 0 Å². The number of aromatic nitrogens is 2. The van der Waals surface area contributed by atoms with Gasteiger partial charge in [0.25, 0.3) is 5.89 Å². The number of para-hydroxylation sites is 1. The second kappa shape index (κ2) is 8.01. The fourth-order valence-corrected chi connectivity index (χ4v) is 2.65. The average Bonchev–Trinajstić information content (AvgIpc) is 3.15. The molecule has 1 aromatic heterocycles. The molecule has 0 fully saturated rings. The standard InChI is InChI=1S/C18H15BrN2O5/c1-23-11-7-8-14(19)13(9-11)18(22)25-10-16-20-17(21-26-16)12-5-3-4-6-15(12)24-2/h3-9H,10H2,1-2H3. The normalized spacial score (nSPS) is 10.4. The van der Waals surface area contributed by atoms with Crippen molar-refractivity contribution in [1.29, 1.82) is 0 Å². The van der Waals surface area contributed by atoms with E-state index in [4.69, 9.17) is 18.7 Å². The minimum atomic E-state index is -0.534. The van der Waals surface area contributed by atoms with Crippen LogP contribution in [-0.4, -0.2) is 30.3 Å². The van der Waals surface area contributed by atoms with Gasteiger partial charge in [-0.15, -0.1) is 0 Å². The summed E-state index contributed by atoms with van der Waals surface area (Å²) in [5, 5.41) is 3.90. The van der Waals surface area contributed by atoms with Crippen LogP contribution in [0, 0.1) is 0 Å². The third-order valence-corrected chi connectivity index (χ3v) is 4.23. The molecule has 3 rings (SSSR count). The molecule has 3 aromatic rings. The van der Waals surface area contributed by atoms with Gasteiger partial charge >= 0.3 is 5.97 Å². The van der Waals surface area contributed by atoms with E-state index in [1.54, 1.807) is 31.4 Å². The van der Waals surface area contributed by atoms with Crippen LogP contribution in [0.1, 0.15) is 16.2 Å². The molecule has 2 aromatic carbocycles. The highest BCUT2D eigenvalue weighted by atomic mass is 79.9. The second-order valence-electron chi connectivity index (χ2n) is 5.13. The van der Waals surface area contributed by atoms with Gasteiger partial charge in [0, 0.05) is 4.47 Å². The summed E-state index contributed by atoms with van der Waals surface area (Å²) >= 11 is 3.32. The highest BCUT2D eigenvalue weighted by Crippen LogP contribution is 2.27. The summed E-state index contributed by atoms with van der Waals surface area (Å²) in [6, 6.07) is 12.3. The maximum atomic E-state index is 12.3. The van der Waals surface area contributed by atoms with Gasteiger partial charge in [0.05, 0.1) is 25.3 Å². The van der Waals surface area contributed by atoms with E-state index in [0.717, 1.165) is 0 Å². The highest BCUT2D eigenvalue weighted by molar-refractivity contribution is 9.10. The van der Waals surface area contributed by atoms with Crippen LogP contribution >= 0.6 is 15.9 Å². The first-order valence-corrected chi connectivity index (χ1v) is 8.38. The van der Waals surface area contributed by atoms with Crippen molar-refractivity contribution < 1.29 is 23.5 Å². The Labute approximate surface area is 158 Å². The molecule has 0 aliphatic heterocycles. The first-order chi connectivity index (χ1) is 12.6. The van der Waals surface area contributed by atoms with E-state index >= 15 is 0 Å². The summed E-state index contributed by atoms with van der Waals surface area (Å²) in [4.78, 5) is 16.5. The molecule has 1 heterocycles. The predicted octanol–water partition coefficient (Wildman–Crippen LogP) is 3.87. The Morgan fingerprint density at radius 2 is 1.96 bits per heavy atom. The van der Waals surface area contributed by atoms with Crippen LogP contribution in [0.4, 0.5) is 0 Å². The topological polar surface area (TPSA) is 83.7 Å². The summed E-state index contributed by atoms with van der Waals surface area (Å²) in [5.41, 5.74) is 1.03. The van der Waals surface area contributed by atoms with Crippen molar-refractivity contribution >= 4 is 21.9 Å². The Morgan fingerprint density at radius 1 is 1.15 bits per heavy atom. The Hall–Kier alpha value is -2.87. The number of hydrogen-bond acceptors (Lipinski definition) is 7. The predicted molar refractivity (Wildman–Crippen MR) is 96.1 cm³/mol. The van der Waals surface area contributed by atoms with E-state index in [1.165, 1.54) is 7.11 Å². The SMILES string of the molecule is COc1ccc(Br)c(C(=O)OCc2nc(-c3ccccc3OC)no2)c1. The fraction of sp³-hybridized carbons (Fsp3) is 0.167. The van der Waals surface area contributed by atoms with E-state index in [1.807, 2.05) is 18.2 Å². The van der Waals surface area contributed by atoms with Crippen molar-refractivity contribution in [3.63, 3.8) is 0 Å². The number of halogens is 1. The van der Waals surface area contributed by atoms with Gasteiger partial charge in [-0.2, -0.15) is 4.98 Å². The lowest BCUT2D eigenvalue weighted by molar-refractivity contribution is 0.0428. The number of esters is 1. The van der Waals surface area contributed by atoms with E-state index in [0.29, 0.717) is 32.9 Å². The molecule has 0 radical (unpaired) electrons. The number of methoxy groups -OCH3 is 2. The summed E-state index contributed by atoms with van der Waals surface area (Å²) < 4.78 is 21.4. The van der Waals surface area contributed by atoms with Gasteiger partial charge in [0.15, 0.2) is 6.61 Å². The first-order valence-electron chi connectivity index (χ1n) is 7.59. The van der Waals surface area contributed by atoms with Crippen molar-refractivity contribution in [3.05, 3.63) is 58.4 Å². The molecule has 0 spiro atoms. The lowest BCUT2D eigenvalue weighted by Crippen LogP contribution is -2.06. The van der Waals surface area contributed by atoms with E-state index in [-0.39, 0.29) is 12.5 Å². The van der Waals surface area contributed by atoms with Crippen molar-refractivity contribution in [2.75, 3.05) is 14.2 Å². The Kier molecular flexibility index (Phi) is 5.52. The number of ether oxygens (including phenoxy) is 3. The molecule has 7 nitrogen and oxygen atoms in total. The molecule has 8 heteroatoms. The van der Waals surface area contributed by atoms with Gasteiger partial charge in [-0.25, -0.2) is 4.79 Å². The van der Waals surface area contributed by atoms with Crippen molar-refractivity contribution in [2.45, 2.75) is 6.61 Å². The van der Waals surface area contributed by atoms with Gasteiger partial charge in [0.1, 0.15) is 11.5 Å². The molecule has 26 heavy (non-hydrogen) atoms. The van der Waals surface area contributed by atoms with Gasteiger partial charge in [-0.05, 0) is 46.3 Å². The van der Waals surface area contributed by atoms with Gasteiger partial charge in [0.2, 0.25) is 5.82 Å². The van der Waals surface area contributed by atoms with Crippen LogP contribution in [0.2, 0.25) is 0 Å². The van der Waals surface area contributed by atoms with Crippen LogP contribution in [0.3, 0.4) is 0 Å². The van der Waals surface area contributed by atoms with Crippen LogP contribution in [0.25, 0.3) is 11.4 Å². The lowest BCUT2D eigenvalue weighted by Gasteiger charge is -2.06. The molecule has 134 valence electrons. The summed E-state index contributed by atoms with van der Waals surface area (Å²) in [6.07, 6.45) is 0. The van der Waals surface area contributed by atoms with E-state index in [9.17, 15) is 4.79 Å². The number of rotatable bonds is 6. The maximum Gasteiger partial charge on any atom is 0.339 e. The Morgan fingerprint density at radius 3 is 2.73 bits per heavy atom. The number of hydrogen-bond donors (Lipinski definition) is 0. The molecule has 0 aliphatic rings. The monoisotopic (exact) mass is 418 g/mol. The quantitative estimate of drug-likeness (QED) is 0.561. The minimum Gasteiger partial charge on any atom is -0.497 e. The van der Waals surface area contributed by atoms with Gasteiger partial charge in [-0.1, -0.05) is 17.3 Å². The second-order valence-corrected chi connectivity index (χ2v) is 5.99. The molecule has 0 N–H and O–H groups in total. The zero-order valence-electron chi connectivity index (χ0n) is 14.1.